The Balaban J connectivity index is 2.20. The van der Waals surface area contributed by atoms with Crippen LogP contribution in [0.5, 0.6) is 0 Å². The number of rotatable bonds is 3. The highest BCUT2D eigenvalue weighted by Gasteiger charge is 2.11. The molecule has 0 amide bonds. The van der Waals surface area contributed by atoms with Crippen LogP contribution in [0.4, 0.5) is 5.82 Å². The molecule has 0 aliphatic carbocycles. The van der Waals surface area contributed by atoms with Crippen molar-refractivity contribution < 1.29 is 0 Å². The largest absolute Gasteiger partial charge is 0.775 e. The molecule has 1 aromatic heterocycles. The Labute approximate surface area is 121 Å². The maximum Gasteiger partial charge on any atom is 0.192 e. The van der Waals surface area contributed by atoms with Crippen molar-refractivity contribution in [1.29, 1.82) is 0 Å². The number of benzene rings is 2. The van der Waals surface area contributed by atoms with Crippen molar-refractivity contribution in [2.75, 3.05) is 0 Å². The maximum atomic E-state index is 10.3. The molecule has 0 aliphatic heterocycles. The minimum Gasteiger partial charge on any atom is -0.775 e. The Morgan fingerprint density at radius 3 is 1.90 bits per heavy atom. The van der Waals surface area contributed by atoms with Crippen LogP contribution < -0.4 is 0 Å². The van der Waals surface area contributed by atoms with Gasteiger partial charge in [-0.05, 0) is 0 Å². The fraction of sp³-hybridized carbons (Fsp3) is 0. The van der Waals surface area contributed by atoms with Gasteiger partial charge in [-0.15, -0.1) is 5.11 Å². The van der Waals surface area contributed by atoms with Crippen LogP contribution in [0.3, 0.4) is 0 Å². The van der Waals surface area contributed by atoms with Gasteiger partial charge in [0.1, 0.15) is 0 Å². The first-order chi connectivity index (χ1) is 10.4. The summed E-state index contributed by atoms with van der Waals surface area (Å²) in [6, 6.07) is 19.4. The Hall–Kier alpha value is -3.08. The van der Waals surface area contributed by atoms with E-state index in [0.29, 0.717) is 5.69 Å². The van der Waals surface area contributed by atoms with E-state index in [1.165, 1.54) is 6.20 Å². The molecule has 0 atom stereocenters. The van der Waals surface area contributed by atoms with Crippen LogP contribution in [0.25, 0.3) is 22.5 Å². The van der Waals surface area contributed by atoms with Gasteiger partial charge in [0.15, 0.2) is 5.82 Å². The summed E-state index contributed by atoms with van der Waals surface area (Å²) < 4.78 is 0. The van der Waals surface area contributed by atoms with E-state index in [1.807, 2.05) is 60.7 Å². The SMILES string of the molecule is [O-]/N=N/c1cnc(-c2ccccc2)c(-c2ccccc2)n1. The van der Waals surface area contributed by atoms with Crippen molar-refractivity contribution in [1.82, 2.24) is 9.97 Å². The lowest BCUT2D eigenvalue weighted by Crippen LogP contribution is -1.93. The quantitative estimate of drug-likeness (QED) is 0.525. The van der Waals surface area contributed by atoms with Gasteiger partial charge in [0.2, 0.25) is 0 Å². The molecule has 0 N–H and O–H groups in total. The molecule has 5 heteroatoms. The highest BCUT2D eigenvalue weighted by atomic mass is 16.5. The predicted octanol–water partition coefficient (Wildman–Crippen LogP) is 4.39. The molecule has 0 saturated carbocycles. The molecule has 1 heterocycles. The second-order valence-corrected chi connectivity index (χ2v) is 4.34. The molecule has 0 aliphatic rings. The number of aromatic nitrogens is 2. The van der Waals surface area contributed by atoms with Crippen LogP contribution in [0.15, 0.2) is 77.3 Å². The molecule has 0 unspecified atom stereocenters. The number of hydrogen-bond acceptors (Lipinski definition) is 5. The predicted molar refractivity (Wildman–Crippen MR) is 80.8 cm³/mol. The molecular weight excluding hydrogens is 264 g/mol. The molecule has 0 radical (unpaired) electrons. The maximum absolute atomic E-state index is 10.3. The molecular formula is C16H11N4O-. The third-order valence-corrected chi connectivity index (χ3v) is 3.00. The Bertz CT molecular complexity index is 758. The average molecular weight is 275 g/mol. The Morgan fingerprint density at radius 1 is 0.762 bits per heavy atom. The smallest absolute Gasteiger partial charge is 0.192 e. The van der Waals surface area contributed by atoms with Crippen molar-refractivity contribution in [3.05, 3.63) is 72.1 Å². The van der Waals surface area contributed by atoms with Crippen molar-refractivity contribution >= 4 is 5.82 Å². The van der Waals surface area contributed by atoms with E-state index in [1.54, 1.807) is 0 Å². The van der Waals surface area contributed by atoms with Gasteiger partial charge in [0.05, 0.1) is 17.6 Å². The van der Waals surface area contributed by atoms with Crippen LogP contribution in [-0.4, -0.2) is 9.97 Å². The zero-order valence-corrected chi connectivity index (χ0v) is 11.0. The van der Waals surface area contributed by atoms with Gasteiger partial charge in [0.25, 0.3) is 0 Å². The van der Waals surface area contributed by atoms with E-state index in [2.05, 4.69) is 20.4 Å². The fourth-order valence-electron chi connectivity index (χ4n) is 2.07. The van der Waals surface area contributed by atoms with Gasteiger partial charge in [-0.25, -0.2) is 15.2 Å². The molecule has 0 saturated heterocycles. The van der Waals surface area contributed by atoms with Crippen LogP contribution in [0.1, 0.15) is 0 Å². The summed E-state index contributed by atoms with van der Waals surface area (Å²) in [6.45, 7) is 0. The highest BCUT2D eigenvalue weighted by molar-refractivity contribution is 5.78. The van der Waals surface area contributed by atoms with E-state index in [0.717, 1.165) is 16.8 Å². The van der Waals surface area contributed by atoms with E-state index >= 15 is 0 Å². The lowest BCUT2D eigenvalue weighted by Gasteiger charge is -2.08. The van der Waals surface area contributed by atoms with Crippen LogP contribution in [0.2, 0.25) is 0 Å². The third-order valence-electron chi connectivity index (χ3n) is 3.00. The van der Waals surface area contributed by atoms with Gasteiger partial charge in [-0.2, -0.15) is 0 Å². The van der Waals surface area contributed by atoms with Crippen molar-refractivity contribution in [3.8, 4) is 22.5 Å². The van der Waals surface area contributed by atoms with E-state index in [4.69, 9.17) is 0 Å². The Morgan fingerprint density at radius 2 is 1.33 bits per heavy atom. The zero-order valence-electron chi connectivity index (χ0n) is 11.0. The molecule has 3 aromatic rings. The molecule has 5 nitrogen and oxygen atoms in total. The first-order valence-electron chi connectivity index (χ1n) is 6.40. The first-order valence-corrected chi connectivity index (χ1v) is 6.40. The summed E-state index contributed by atoms with van der Waals surface area (Å²) in [7, 11) is 0. The normalized spacial score (nSPS) is 10.9. The van der Waals surface area contributed by atoms with Gasteiger partial charge >= 0.3 is 0 Å². The van der Waals surface area contributed by atoms with Gasteiger partial charge in [-0.1, -0.05) is 60.7 Å². The van der Waals surface area contributed by atoms with Crippen molar-refractivity contribution in [3.63, 3.8) is 0 Å². The first kappa shape index (κ1) is 12.9. The fourth-order valence-corrected chi connectivity index (χ4v) is 2.07. The zero-order chi connectivity index (χ0) is 14.5. The van der Waals surface area contributed by atoms with Gasteiger partial charge in [-0.3, -0.25) is 0 Å². The van der Waals surface area contributed by atoms with Crippen molar-refractivity contribution in [2.24, 2.45) is 10.4 Å². The minimum absolute atomic E-state index is 0.198. The third kappa shape index (κ3) is 2.76. The number of hydrogen-bond donors (Lipinski definition) is 0. The summed E-state index contributed by atoms with van der Waals surface area (Å²) in [4.78, 5) is 8.77. The Kier molecular flexibility index (Phi) is 3.64. The second kappa shape index (κ2) is 5.92. The summed E-state index contributed by atoms with van der Waals surface area (Å²) >= 11 is 0. The van der Waals surface area contributed by atoms with Crippen molar-refractivity contribution in [2.45, 2.75) is 0 Å². The molecule has 0 bridgehead atoms. The molecule has 0 spiro atoms. The van der Waals surface area contributed by atoms with E-state index < -0.39 is 0 Å². The monoisotopic (exact) mass is 275 g/mol. The highest BCUT2D eigenvalue weighted by Crippen LogP contribution is 2.30. The molecule has 21 heavy (non-hydrogen) atoms. The van der Waals surface area contributed by atoms with E-state index in [9.17, 15) is 5.21 Å². The summed E-state index contributed by atoms with van der Waals surface area (Å²) in [6.07, 6.45) is 1.44. The van der Waals surface area contributed by atoms with Crippen LogP contribution >= 0.6 is 0 Å². The van der Waals surface area contributed by atoms with Crippen LogP contribution in [0, 0.1) is 5.21 Å². The lowest BCUT2D eigenvalue weighted by molar-refractivity contribution is 1.12. The summed E-state index contributed by atoms with van der Waals surface area (Å²) in [5.41, 5.74) is 3.28. The molecule has 3 rings (SSSR count). The summed E-state index contributed by atoms with van der Waals surface area (Å²) in [5.74, 6) is 0.198. The topological polar surface area (TPSA) is 73.6 Å². The van der Waals surface area contributed by atoms with E-state index in [-0.39, 0.29) is 5.82 Å². The standard InChI is InChI=1S/C16H12N4O/c21-20-19-14-11-17-15(12-7-3-1-4-8-12)16(18-14)13-9-5-2-6-10-13/h1-11H,(H,18,19,21)/p-1. The van der Waals surface area contributed by atoms with Gasteiger partial charge < -0.3 is 5.21 Å². The lowest BCUT2D eigenvalue weighted by atomic mass is 10.0. The minimum atomic E-state index is 0.198. The number of nitrogens with zero attached hydrogens (tertiary/aromatic N) is 4. The second-order valence-electron chi connectivity index (χ2n) is 4.34. The molecule has 0 fully saturated rings. The molecule has 102 valence electrons. The van der Waals surface area contributed by atoms with Gasteiger partial charge in [0, 0.05) is 11.1 Å². The summed E-state index contributed by atoms with van der Waals surface area (Å²) in [5, 5.41) is 16.2. The van der Waals surface area contributed by atoms with Crippen LogP contribution in [-0.2, 0) is 0 Å². The average Bonchev–Trinajstić information content (AvgIpc) is 2.57. The molecule has 2 aromatic carbocycles.